The number of ether oxygens (including phenoxy) is 2. The van der Waals surface area contributed by atoms with Crippen molar-refractivity contribution in [1.29, 1.82) is 0 Å². The summed E-state index contributed by atoms with van der Waals surface area (Å²) in [5.41, 5.74) is 0. The van der Waals surface area contributed by atoms with Crippen molar-refractivity contribution in [3.63, 3.8) is 0 Å². The molecule has 0 aliphatic carbocycles. The first-order valence-corrected chi connectivity index (χ1v) is 2.80. The Morgan fingerprint density at radius 2 is 2.10 bits per heavy atom. The SMILES string of the molecule is COCC(CC=O)OC.[W]. The van der Waals surface area contributed by atoms with Gasteiger partial charge >= 0.3 is 0 Å². The number of hydrogen-bond acceptors (Lipinski definition) is 3. The molecule has 4 heteroatoms. The summed E-state index contributed by atoms with van der Waals surface area (Å²) in [5.74, 6) is 0. The van der Waals surface area contributed by atoms with Crippen molar-refractivity contribution in [2.75, 3.05) is 20.8 Å². The third-order valence-corrected chi connectivity index (χ3v) is 1.05. The Bertz CT molecular complexity index is 77.4. The third kappa shape index (κ3) is 6.40. The molecule has 0 heterocycles. The molecular weight excluding hydrogens is 304 g/mol. The van der Waals surface area contributed by atoms with E-state index in [9.17, 15) is 4.79 Å². The van der Waals surface area contributed by atoms with Crippen molar-refractivity contribution in [3.05, 3.63) is 0 Å². The smallest absolute Gasteiger partial charge is 0.122 e. The van der Waals surface area contributed by atoms with Crippen molar-refractivity contribution >= 4 is 6.29 Å². The van der Waals surface area contributed by atoms with Crippen LogP contribution in [0.5, 0.6) is 0 Å². The van der Waals surface area contributed by atoms with E-state index in [0.717, 1.165) is 6.29 Å². The van der Waals surface area contributed by atoms with Crippen molar-refractivity contribution in [1.82, 2.24) is 0 Å². The van der Waals surface area contributed by atoms with Crippen LogP contribution in [0.2, 0.25) is 0 Å². The van der Waals surface area contributed by atoms with Gasteiger partial charge in [0.2, 0.25) is 0 Å². The van der Waals surface area contributed by atoms with E-state index in [1.807, 2.05) is 0 Å². The van der Waals surface area contributed by atoms with E-state index >= 15 is 0 Å². The molecule has 0 aromatic rings. The van der Waals surface area contributed by atoms with Gasteiger partial charge in [0.05, 0.1) is 12.7 Å². The Morgan fingerprint density at radius 3 is 2.40 bits per heavy atom. The molecule has 60 valence electrons. The van der Waals surface area contributed by atoms with Gasteiger partial charge in [-0.1, -0.05) is 0 Å². The van der Waals surface area contributed by atoms with Gasteiger partial charge < -0.3 is 14.3 Å². The summed E-state index contributed by atoms with van der Waals surface area (Å²) in [5, 5.41) is 0. The van der Waals surface area contributed by atoms with Gasteiger partial charge in [-0.3, -0.25) is 0 Å². The average Bonchev–Trinajstić information content (AvgIpc) is 1.88. The summed E-state index contributed by atoms with van der Waals surface area (Å²) in [7, 11) is 3.14. The minimum atomic E-state index is -0.0764. The molecule has 0 fully saturated rings. The summed E-state index contributed by atoms with van der Waals surface area (Å²) in [4.78, 5) is 9.91. The Kier molecular flexibility index (Phi) is 12.0. The Morgan fingerprint density at radius 1 is 1.50 bits per heavy atom. The third-order valence-electron chi connectivity index (χ3n) is 1.05. The predicted octanol–water partition coefficient (Wildman–Crippen LogP) is 0.234. The summed E-state index contributed by atoms with van der Waals surface area (Å²) in [6.07, 6.45) is 1.16. The maximum Gasteiger partial charge on any atom is 0.122 e. The molecule has 0 aromatic heterocycles. The molecule has 0 aromatic carbocycles. The van der Waals surface area contributed by atoms with Crippen LogP contribution in [-0.2, 0) is 35.3 Å². The molecule has 0 spiro atoms. The van der Waals surface area contributed by atoms with Gasteiger partial charge in [-0.2, -0.15) is 0 Å². The maximum absolute atomic E-state index is 9.91. The van der Waals surface area contributed by atoms with Crippen LogP contribution in [-0.4, -0.2) is 33.2 Å². The van der Waals surface area contributed by atoms with Gasteiger partial charge in [0.1, 0.15) is 6.29 Å². The van der Waals surface area contributed by atoms with Crippen LogP contribution in [0, 0.1) is 0 Å². The van der Waals surface area contributed by atoms with Crippen LogP contribution in [0.3, 0.4) is 0 Å². The van der Waals surface area contributed by atoms with Gasteiger partial charge in [-0.25, -0.2) is 0 Å². The monoisotopic (exact) mass is 316 g/mol. The number of aldehydes is 1. The van der Waals surface area contributed by atoms with Gasteiger partial charge in [-0.15, -0.1) is 0 Å². The van der Waals surface area contributed by atoms with Crippen LogP contribution >= 0.6 is 0 Å². The Labute approximate surface area is 75.3 Å². The zero-order chi connectivity index (χ0) is 7.11. The molecule has 0 amide bonds. The molecule has 0 saturated carbocycles. The predicted molar refractivity (Wildman–Crippen MR) is 33.4 cm³/mol. The fourth-order valence-electron chi connectivity index (χ4n) is 0.526. The fraction of sp³-hybridized carbons (Fsp3) is 0.833. The second-order valence-electron chi connectivity index (χ2n) is 1.72. The summed E-state index contributed by atoms with van der Waals surface area (Å²) < 4.78 is 9.64. The zero-order valence-electron chi connectivity index (χ0n) is 6.20. The van der Waals surface area contributed by atoms with Crippen LogP contribution in [0.15, 0.2) is 0 Å². The van der Waals surface area contributed by atoms with Crippen LogP contribution in [0.25, 0.3) is 0 Å². The Balaban J connectivity index is 0. The summed E-state index contributed by atoms with van der Waals surface area (Å²) in [6.45, 7) is 0.481. The van der Waals surface area contributed by atoms with Crippen molar-refractivity contribution in [3.8, 4) is 0 Å². The number of carbonyl (C=O) groups excluding carboxylic acids is 1. The molecule has 0 aliphatic heterocycles. The first-order chi connectivity index (χ1) is 4.35. The summed E-state index contributed by atoms with van der Waals surface area (Å²) in [6, 6.07) is 0. The normalized spacial score (nSPS) is 11.8. The number of methoxy groups -OCH3 is 2. The van der Waals surface area contributed by atoms with Crippen molar-refractivity contribution < 1.29 is 35.3 Å². The number of hydrogen-bond donors (Lipinski definition) is 0. The molecule has 0 saturated heterocycles. The van der Waals surface area contributed by atoms with E-state index in [1.165, 1.54) is 0 Å². The zero-order valence-corrected chi connectivity index (χ0v) is 9.14. The molecule has 3 nitrogen and oxygen atoms in total. The fourth-order valence-corrected chi connectivity index (χ4v) is 0.526. The molecule has 10 heavy (non-hydrogen) atoms. The molecule has 0 aliphatic rings. The molecule has 0 bridgehead atoms. The molecule has 1 atom stereocenters. The topological polar surface area (TPSA) is 35.5 Å². The van der Waals surface area contributed by atoms with E-state index in [4.69, 9.17) is 9.47 Å². The second kappa shape index (κ2) is 9.28. The van der Waals surface area contributed by atoms with Crippen LogP contribution in [0.4, 0.5) is 0 Å². The van der Waals surface area contributed by atoms with E-state index in [-0.39, 0.29) is 27.2 Å². The molecule has 0 rings (SSSR count). The quantitative estimate of drug-likeness (QED) is 0.682. The molecule has 0 radical (unpaired) electrons. The Hall–Kier alpha value is 0.278. The molecular formula is C6H12O3W. The second-order valence-corrected chi connectivity index (χ2v) is 1.72. The largest absolute Gasteiger partial charge is 0.382 e. The minimum absolute atomic E-state index is 0. The van der Waals surface area contributed by atoms with Gasteiger partial charge in [0.25, 0.3) is 0 Å². The maximum atomic E-state index is 9.91. The molecule has 0 N–H and O–H groups in total. The first-order valence-electron chi connectivity index (χ1n) is 2.80. The van der Waals surface area contributed by atoms with E-state index in [0.29, 0.717) is 13.0 Å². The van der Waals surface area contributed by atoms with Gasteiger partial charge in [0, 0.05) is 41.7 Å². The van der Waals surface area contributed by atoms with E-state index in [2.05, 4.69) is 0 Å². The number of rotatable bonds is 5. The average molecular weight is 316 g/mol. The van der Waals surface area contributed by atoms with Crippen molar-refractivity contribution in [2.45, 2.75) is 12.5 Å². The standard InChI is InChI=1S/C6H12O3.W/c1-8-5-6(9-2)3-4-7;/h4,6H,3,5H2,1-2H3;. The van der Waals surface area contributed by atoms with E-state index in [1.54, 1.807) is 14.2 Å². The summed E-state index contributed by atoms with van der Waals surface area (Å²) >= 11 is 0. The number of carbonyl (C=O) groups is 1. The first kappa shape index (κ1) is 12.9. The van der Waals surface area contributed by atoms with Gasteiger partial charge in [-0.05, 0) is 0 Å². The van der Waals surface area contributed by atoms with Crippen LogP contribution in [0.1, 0.15) is 6.42 Å². The molecule has 1 unspecified atom stereocenters. The van der Waals surface area contributed by atoms with Crippen molar-refractivity contribution in [2.24, 2.45) is 0 Å². The van der Waals surface area contributed by atoms with Gasteiger partial charge in [0.15, 0.2) is 0 Å². The van der Waals surface area contributed by atoms with E-state index < -0.39 is 0 Å². The van der Waals surface area contributed by atoms with Crippen LogP contribution < -0.4 is 0 Å². The minimum Gasteiger partial charge on any atom is -0.382 e.